The van der Waals surface area contributed by atoms with E-state index < -0.39 is 261 Å². The Morgan fingerprint density at radius 3 is 0.628 bits per heavy atom. The van der Waals surface area contributed by atoms with Crippen molar-refractivity contribution >= 4 is 0 Å². The minimum Gasteiger partial charge on any atom is -0.394 e. The van der Waals surface area contributed by atoms with E-state index in [0.717, 1.165) is 0 Å². The van der Waals surface area contributed by atoms with Crippen molar-refractivity contribution in [2.45, 2.75) is 216 Å². The standard InChI is InChI=1S/C43H74O35/c1-9-10(2-44)67-38(25(59)17(9)51)74-32-12(4-46)69-40(27(61)19(32)53)76-34-14(6-48)71-42(29(63)21(34)55)78-36-16(8-50)72-43(30(64)23(36)57)77-35-15(7-49)70-41(28(62)22(35)56)75-33-13(5-47)68-39(26(60)20(33)54)73-31-11(3-45)66-37(65)24(58)18(31)52/h9-65H,2-8H2,1H3/t9-,10-,11-,12-,13-,14-,15-,16-,17+,18-,19-,20-,21-,22-,23-,24-,25-,26-,27-,28-,29-,30-,31-,32-,33-,34-,35-,36-,37?,38?,39?,40?,41?,42?,43?/m1/s1. The van der Waals surface area contributed by atoms with Crippen molar-refractivity contribution in [2.75, 3.05) is 46.2 Å². The molecule has 7 aliphatic rings. The van der Waals surface area contributed by atoms with Crippen molar-refractivity contribution in [3.63, 3.8) is 0 Å². The van der Waals surface area contributed by atoms with Crippen molar-refractivity contribution < 1.29 is 174 Å². The molecular formula is C43H74O35. The van der Waals surface area contributed by atoms with Gasteiger partial charge < -0.3 is 174 Å². The van der Waals surface area contributed by atoms with Crippen molar-refractivity contribution in [2.24, 2.45) is 5.92 Å². The van der Waals surface area contributed by atoms with Crippen molar-refractivity contribution in [3.8, 4) is 0 Å². The highest BCUT2D eigenvalue weighted by molar-refractivity contribution is 5.00. The zero-order valence-corrected chi connectivity index (χ0v) is 41.3. The molecule has 0 aromatic carbocycles. The number of hydrogen-bond donors (Lipinski definition) is 22. The van der Waals surface area contributed by atoms with E-state index in [1.54, 1.807) is 0 Å². The highest BCUT2D eigenvalue weighted by atomic mass is 16.8. The second-order valence-corrected chi connectivity index (χ2v) is 19.9. The Balaban J connectivity index is 0.947. The van der Waals surface area contributed by atoms with Gasteiger partial charge >= 0.3 is 0 Å². The molecule has 0 radical (unpaired) electrons. The molecule has 22 N–H and O–H groups in total. The molecule has 35 heteroatoms. The minimum atomic E-state index is -2.22. The Hall–Kier alpha value is -1.40. The van der Waals surface area contributed by atoms with Gasteiger partial charge in [0.1, 0.15) is 153 Å². The highest BCUT2D eigenvalue weighted by Crippen LogP contribution is 2.38. The Kier molecular flexibility index (Phi) is 22.7. The molecule has 0 aromatic rings. The molecule has 78 heavy (non-hydrogen) atoms. The summed E-state index contributed by atoms with van der Waals surface area (Å²) in [5.74, 6) is -0.753. The first-order chi connectivity index (χ1) is 37.0. The van der Waals surface area contributed by atoms with Gasteiger partial charge in [-0.15, -0.1) is 0 Å². The first-order valence-corrected chi connectivity index (χ1v) is 25.0. The predicted octanol–water partition coefficient (Wildman–Crippen LogP) is -15.0. The van der Waals surface area contributed by atoms with Crippen molar-refractivity contribution in [1.82, 2.24) is 0 Å². The third kappa shape index (κ3) is 13.0. The third-order valence-electron chi connectivity index (χ3n) is 14.9. The van der Waals surface area contributed by atoms with Crippen LogP contribution in [-0.4, -0.2) is 367 Å². The van der Waals surface area contributed by atoms with Crippen LogP contribution in [0.2, 0.25) is 0 Å². The topological polar surface area (TPSA) is 565 Å². The molecule has 456 valence electrons. The molecule has 0 bridgehead atoms. The van der Waals surface area contributed by atoms with Gasteiger partial charge in [0.05, 0.1) is 58.5 Å². The van der Waals surface area contributed by atoms with Crippen LogP contribution in [0.3, 0.4) is 0 Å². The maximum atomic E-state index is 11.3. The summed E-state index contributed by atoms with van der Waals surface area (Å²) in [6.45, 7) is -5.02. The molecule has 7 unspecified atom stereocenters. The van der Waals surface area contributed by atoms with Crippen LogP contribution in [0, 0.1) is 5.92 Å². The van der Waals surface area contributed by atoms with E-state index in [2.05, 4.69) is 0 Å². The molecule has 0 saturated carbocycles. The minimum absolute atomic E-state index is 0.593. The molecule has 0 aromatic heterocycles. The lowest BCUT2D eigenvalue weighted by atomic mass is 9.91. The summed E-state index contributed by atoms with van der Waals surface area (Å²) >= 11 is 0. The van der Waals surface area contributed by atoms with Gasteiger partial charge in [0.2, 0.25) is 0 Å². The van der Waals surface area contributed by atoms with E-state index in [9.17, 15) is 112 Å². The van der Waals surface area contributed by atoms with E-state index >= 15 is 0 Å². The monoisotopic (exact) mass is 1150 g/mol. The zero-order chi connectivity index (χ0) is 57.3. The third-order valence-corrected chi connectivity index (χ3v) is 14.9. The van der Waals surface area contributed by atoms with Gasteiger partial charge in [0.25, 0.3) is 0 Å². The molecule has 0 aliphatic carbocycles. The lowest BCUT2D eigenvalue weighted by molar-refractivity contribution is -0.397. The Bertz CT molecular complexity index is 1800. The zero-order valence-electron chi connectivity index (χ0n) is 41.3. The van der Waals surface area contributed by atoms with Crippen LogP contribution < -0.4 is 0 Å². The summed E-state index contributed by atoms with van der Waals surface area (Å²) < 4.78 is 72.5. The normalized spacial score (nSPS) is 53.5. The van der Waals surface area contributed by atoms with Gasteiger partial charge in [0.15, 0.2) is 44.0 Å². The number of aliphatic hydroxyl groups is 22. The lowest BCUT2D eigenvalue weighted by Gasteiger charge is -2.50. The predicted molar refractivity (Wildman–Crippen MR) is 235 cm³/mol. The molecule has 35 atom stereocenters. The first kappa shape index (κ1) is 64.2. The maximum absolute atomic E-state index is 11.3. The van der Waals surface area contributed by atoms with Crippen molar-refractivity contribution in [3.05, 3.63) is 0 Å². The summed E-state index contributed by atoms with van der Waals surface area (Å²) in [7, 11) is 0. The number of ether oxygens (including phenoxy) is 13. The van der Waals surface area contributed by atoms with Gasteiger partial charge in [0, 0.05) is 5.92 Å². The van der Waals surface area contributed by atoms with Gasteiger partial charge in [-0.25, -0.2) is 0 Å². The van der Waals surface area contributed by atoms with E-state index in [0.29, 0.717) is 0 Å². The second-order valence-electron chi connectivity index (χ2n) is 19.9. The van der Waals surface area contributed by atoms with Crippen molar-refractivity contribution in [1.29, 1.82) is 0 Å². The second kappa shape index (κ2) is 27.5. The number of hydrogen-bond acceptors (Lipinski definition) is 35. The van der Waals surface area contributed by atoms with E-state index in [1.807, 2.05) is 0 Å². The first-order valence-electron chi connectivity index (χ1n) is 25.0. The summed E-state index contributed by atoms with van der Waals surface area (Å²) in [6.07, 6.45) is -63.8. The van der Waals surface area contributed by atoms with Crippen LogP contribution in [0.1, 0.15) is 6.92 Å². The van der Waals surface area contributed by atoms with Crippen LogP contribution in [0.25, 0.3) is 0 Å². The molecule has 0 spiro atoms. The van der Waals surface area contributed by atoms with Crippen LogP contribution in [0.5, 0.6) is 0 Å². The Morgan fingerprint density at radius 2 is 0.410 bits per heavy atom. The van der Waals surface area contributed by atoms with Gasteiger partial charge in [-0.3, -0.25) is 0 Å². The van der Waals surface area contributed by atoms with Crippen LogP contribution in [-0.2, 0) is 61.6 Å². The quantitative estimate of drug-likeness (QED) is 0.0571. The molecular weight excluding hydrogens is 1080 g/mol. The summed E-state index contributed by atoms with van der Waals surface area (Å²) in [4.78, 5) is 0. The SMILES string of the molecule is C[C@H]1[C@H](O)[C@@H](O)C(O[C@H]2[C@H](O)[C@@H](O)C(O[C@H]3[C@H](O)[C@@H](O)C(O[C@H]4[C@H](O)[C@@H](O)C(O[C@H]5[C@H](O)[C@@H](O)C(O[C@H]6[C@H](O)[C@@H](O)C(O[C@H]7[C@H](O)[C@@H](O)C(O)O[C@@H]7CO)O[C@@H]6CO)O[C@@H]5CO)O[C@@H]4CO)O[C@@H]3CO)O[C@@H]2CO)O[C@@H]1CO. The van der Waals surface area contributed by atoms with E-state index in [1.165, 1.54) is 6.92 Å². The molecule has 7 aliphatic heterocycles. The fraction of sp³-hybridized carbons (Fsp3) is 1.00. The Labute approximate surface area is 441 Å². The largest absolute Gasteiger partial charge is 0.394 e. The van der Waals surface area contributed by atoms with Crippen LogP contribution in [0.4, 0.5) is 0 Å². The molecule has 7 rings (SSSR count). The van der Waals surface area contributed by atoms with E-state index in [4.69, 9.17) is 61.6 Å². The molecule has 7 heterocycles. The summed E-state index contributed by atoms with van der Waals surface area (Å²) in [5, 5.41) is 234. The number of aliphatic hydroxyl groups excluding tert-OH is 22. The average Bonchev–Trinajstić information content (AvgIpc) is 3.45. The van der Waals surface area contributed by atoms with Crippen LogP contribution in [0.15, 0.2) is 0 Å². The summed E-state index contributed by atoms with van der Waals surface area (Å²) in [6, 6.07) is 0. The molecule has 7 saturated heterocycles. The van der Waals surface area contributed by atoms with Gasteiger partial charge in [-0.2, -0.15) is 0 Å². The smallest absolute Gasteiger partial charge is 0.187 e. The lowest BCUT2D eigenvalue weighted by Crippen LogP contribution is -2.68. The summed E-state index contributed by atoms with van der Waals surface area (Å²) in [5.41, 5.74) is 0. The Morgan fingerprint density at radius 1 is 0.231 bits per heavy atom. The average molecular weight is 1150 g/mol. The molecule has 7 fully saturated rings. The fourth-order valence-corrected chi connectivity index (χ4v) is 10.2. The molecule has 35 nitrogen and oxygen atoms in total. The van der Waals surface area contributed by atoms with Crippen LogP contribution >= 0.6 is 0 Å². The maximum Gasteiger partial charge on any atom is 0.187 e. The molecule has 0 amide bonds. The fourth-order valence-electron chi connectivity index (χ4n) is 10.2. The van der Waals surface area contributed by atoms with Gasteiger partial charge in [-0.1, -0.05) is 6.92 Å². The van der Waals surface area contributed by atoms with Gasteiger partial charge in [-0.05, 0) is 0 Å². The number of rotatable bonds is 19. The van der Waals surface area contributed by atoms with E-state index in [-0.39, 0.29) is 0 Å². The highest BCUT2D eigenvalue weighted by Gasteiger charge is 2.58.